The second-order valence-electron chi connectivity index (χ2n) is 4.37. The Labute approximate surface area is 131 Å². The SMILES string of the molecule is CNC(C)(C)C(=CBr)OC(=O)c1ccc(Cl)c(Cl)c1. The molecule has 1 rings (SSSR count). The molecule has 104 valence electrons. The lowest BCUT2D eigenvalue weighted by Gasteiger charge is -2.26. The second kappa shape index (κ2) is 6.75. The second-order valence-corrected chi connectivity index (χ2v) is 5.64. The van der Waals surface area contributed by atoms with Gasteiger partial charge in [-0.25, -0.2) is 4.79 Å². The van der Waals surface area contributed by atoms with Crippen molar-refractivity contribution in [3.8, 4) is 0 Å². The Kier molecular flexibility index (Phi) is 5.86. The zero-order chi connectivity index (χ0) is 14.6. The van der Waals surface area contributed by atoms with Crippen molar-refractivity contribution in [3.63, 3.8) is 0 Å². The molecule has 0 radical (unpaired) electrons. The molecule has 0 aliphatic heterocycles. The number of hydrogen-bond acceptors (Lipinski definition) is 3. The summed E-state index contributed by atoms with van der Waals surface area (Å²) in [5.41, 5.74) is -0.136. The van der Waals surface area contributed by atoms with Gasteiger partial charge in [-0.15, -0.1) is 0 Å². The van der Waals surface area contributed by atoms with Gasteiger partial charge >= 0.3 is 5.97 Å². The lowest BCUT2D eigenvalue weighted by molar-refractivity contribution is 0.0575. The van der Waals surface area contributed by atoms with Gasteiger partial charge in [-0.05, 0) is 39.1 Å². The normalized spacial score (nSPS) is 12.4. The molecule has 0 fully saturated rings. The lowest BCUT2D eigenvalue weighted by Crippen LogP contribution is -2.39. The van der Waals surface area contributed by atoms with E-state index in [0.29, 0.717) is 21.4 Å². The van der Waals surface area contributed by atoms with Crippen molar-refractivity contribution in [2.24, 2.45) is 0 Å². The fraction of sp³-hybridized carbons (Fsp3) is 0.308. The molecule has 0 atom stereocenters. The van der Waals surface area contributed by atoms with E-state index in [1.807, 2.05) is 13.8 Å². The summed E-state index contributed by atoms with van der Waals surface area (Å²) in [6.07, 6.45) is 0. The molecule has 0 amide bonds. The van der Waals surface area contributed by atoms with Crippen molar-refractivity contribution in [1.82, 2.24) is 5.32 Å². The average molecular weight is 367 g/mol. The van der Waals surface area contributed by atoms with Crippen LogP contribution in [0.5, 0.6) is 0 Å². The number of carbonyl (C=O) groups is 1. The van der Waals surface area contributed by atoms with Gasteiger partial charge in [0.1, 0.15) is 5.76 Å². The van der Waals surface area contributed by atoms with Crippen LogP contribution in [-0.4, -0.2) is 18.6 Å². The monoisotopic (exact) mass is 365 g/mol. The van der Waals surface area contributed by atoms with Crippen molar-refractivity contribution >= 4 is 45.1 Å². The average Bonchev–Trinajstić information content (AvgIpc) is 2.38. The third-order valence-corrected chi connectivity index (χ3v) is 3.85. The molecule has 0 aromatic heterocycles. The van der Waals surface area contributed by atoms with Crippen molar-refractivity contribution < 1.29 is 9.53 Å². The maximum Gasteiger partial charge on any atom is 0.343 e. The Balaban J connectivity index is 2.93. The number of hydrogen-bond donors (Lipinski definition) is 1. The molecule has 0 saturated carbocycles. The molecule has 6 heteroatoms. The highest BCUT2D eigenvalue weighted by Crippen LogP contribution is 2.25. The number of carbonyl (C=O) groups excluding carboxylic acids is 1. The number of nitrogens with one attached hydrogen (secondary N) is 1. The fourth-order valence-corrected chi connectivity index (χ4v) is 2.16. The smallest absolute Gasteiger partial charge is 0.343 e. The van der Waals surface area contributed by atoms with Crippen LogP contribution in [0.25, 0.3) is 0 Å². The molecule has 0 bridgehead atoms. The van der Waals surface area contributed by atoms with E-state index in [4.69, 9.17) is 27.9 Å². The lowest BCUT2D eigenvalue weighted by atomic mass is 10.0. The molecular weight excluding hydrogens is 353 g/mol. The molecule has 1 N–H and O–H groups in total. The Morgan fingerprint density at radius 2 is 2.00 bits per heavy atom. The molecular formula is C13H14BrCl2NO2. The maximum absolute atomic E-state index is 12.0. The van der Waals surface area contributed by atoms with E-state index in [-0.39, 0.29) is 0 Å². The van der Waals surface area contributed by atoms with Gasteiger partial charge in [-0.1, -0.05) is 39.1 Å². The topological polar surface area (TPSA) is 38.3 Å². The molecule has 0 aliphatic rings. The van der Waals surface area contributed by atoms with Crippen molar-refractivity contribution in [3.05, 3.63) is 44.6 Å². The van der Waals surface area contributed by atoms with E-state index >= 15 is 0 Å². The minimum Gasteiger partial charge on any atom is -0.425 e. The van der Waals surface area contributed by atoms with Gasteiger partial charge in [0.05, 0.1) is 21.1 Å². The van der Waals surface area contributed by atoms with Crippen molar-refractivity contribution in [1.29, 1.82) is 0 Å². The van der Waals surface area contributed by atoms with Crippen LogP contribution < -0.4 is 5.32 Å². The third-order valence-electron chi connectivity index (χ3n) is 2.70. The van der Waals surface area contributed by atoms with E-state index in [9.17, 15) is 4.79 Å². The summed E-state index contributed by atoms with van der Waals surface area (Å²) in [5, 5.41) is 3.75. The first-order chi connectivity index (χ1) is 8.81. The van der Waals surface area contributed by atoms with Gasteiger partial charge in [-0.3, -0.25) is 0 Å². The molecule has 0 aliphatic carbocycles. The van der Waals surface area contributed by atoms with Crippen LogP contribution in [0.3, 0.4) is 0 Å². The largest absolute Gasteiger partial charge is 0.425 e. The summed E-state index contributed by atoms with van der Waals surface area (Å²) in [4.78, 5) is 13.6. The number of rotatable bonds is 4. The van der Waals surface area contributed by atoms with Crippen LogP contribution in [0.15, 0.2) is 28.9 Å². The van der Waals surface area contributed by atoms with Gasteiger partial charge in [0, 0.05) is 4.99 Å². The van der Waals surface area contributed by atoms with E-state index in [0.717, 1.165) is 0 Å². The number of esters is 1. The number of likely N-dealkylation sites (N-methyl/N-ethyl adjacent to an activating group) is 1. The molecule has 0 unspecified atom stereocenters. The third kappa shape index (κ3) is 4.21. The summed E-state index contributed by atoms with van der Waals surface area (Å²) in [5.74, 6) is -0.0290. The number of ether oxygens (including phenoxy) is 1. The molecule has 0 spiro atoms. The highest BCUT2D eigenvalue weighted by molar-refractivity contribution is 9.11. The van der Waals surface area contributed by atoms with E-state index in [2.05, 4.69) is 21.2 Å². The Morgan fingerprint density at radius 3 is 2.47 bits per heavy atom. The van der Waals surface area contributed by atoms with Crippen LogP contribution in [0.1, 0.15) is 24.2 Å². The Hall–Kier alpha value is -0.550. The fourth-order valence-electron chi connectivity index (χ4n) is 1.19. The summed E-state index contributed by atoms with van der Waals surface area (Å²) >= 11 is 14.9. The first-order valence-corrected chi connectivity index (χ1v) is 7.16. The zero-order valence-electron chi connectivity index (χ0n) is 10.8. The van der Waals surface area contributed by atoms with E-state index in [1.54, 1.807) is 24.2 Å². The summed E-state index contributed by atoms with van der Waals surface area (Å²) in [6.45, 7) is 3.78. The predicted molar refractivity (Wildman–Crippen MR) is 82.0 cm³/mol. The first-order valence-electron chi connectivity index (χ1n) is 5.49. The number of halogens is 3. The first kappa shape index (κ1) is 16.5. The standard InChI is InChI=1S/C13H14BrCl2NO2/c1-13(2,17-3)11(7-14)19-12(18)8-4-5-9(15)10(16)6-8/h4-7,17H,1-3H3. The summed E-state index contributed by atoms with van der Waals surface area (Å²) < 4.78 is 5.35. The number of benzene rings is 1. The summed E-state index contributed by atoms with van der Waals surface area (Å²) in [7, 11) is 1.78. The van der Waals surface area contributed by atoms with Crippen molar-refractivity contribution in [2.75, 3.05) is 7.05 Å². The zero-order valence-corrected chi connectivity index (χ0v) is 13.9. The Bertz CT molecular complexity index is 515. The van der Waals surface area contributed by atoms with Crippen molar-refractivity contribution in [2.45, 2.75) is 19.4 Å². The van der Waals surface area contributed by atoms with Gasteiger partial charge in [0.15, 0.2) is 0 Å². The Morgan fingerprint density at radius 1 is 1.37 bits per heavy atom. The van der Waals surface area contributed by atoms with Gasteiger partial charge in [0.25, 0.3) is 0 Å². The molecule has 1 aromatic rings. The molecule has 3 nitrogen and oxygen atoms in total. The molecule has 0 heterocycles. The minimum atomic E-state index is -0.493. The predicted octanol–water partition coefficient (Wildman–Crippen LogP) is 4.38. The van der Waals surface area contributed by atoms with Gasteiger partial charge in [-0.2, -0.15) is 0 Å². The minimum absolute atomic E-state index is 0.313. The maximum atomic E-state index is 12.0. The molecule has 0 saturated heterocycles. The highest BCUT2D eigenvalue weighted by atomic mass is 79.9. The van der Waals surface area contributed by atoms with Crippen LogP contribution in [0, 0.1) is 0 Å². The molecule has 19 heavy (non-hydrogen) atoms. The van der Waals surface area contributed by atoms with Crippen LogP contribution >= 0.6 is 39.1 Å². The van der Waals surface area contributed by atoms with E-state index < -0.39 is 11.5 Å². The van der Waals surface area contributed by atoms with Crippen LogP contribution in [0.4, 0.5) is 0 Å². The highest BCUT2D eigenvalue weighted by Gasteiger charge is 2.25. The van der Waals surface area contributed by atoms with Gasteiger partial charge < -0.3 is 10.1 Å². The summed E-state index contributed by atoms with van der Waals surface area (Å²) in [6, 6.07) is 4.60. The van der Waals surface area contributed by atoms with E-state index in [1.165, 1.54) is 6.07 Å². The van der Waals surface area contributed by atoms with Crippen LogP contribution in [0.2, 0.25) is 10.0 Å². The van der Waals surface area contributed by atoms with Crippen LogP contribution in [-0.2, 0) is 4.74 Å². The molecule has 1 aromatic carbocycles. The quantitative estimate of drug-likeness (QED) is 0.634. The van der Waals surface area contributed by atoms with Gasteiger partial charge in [0.2, 0.25) is 0 Å².